The van der Waals surface area contributed by atoms with Gasteiger partial charge in [0.15, 0.2) is 0 Å². The summed E-state index contributed by atoms with van der Waals surface area (Å²) < 4.78 is 1.80. The van der Waals surface area contributed by atoms with Crippen molar-refractivity contribution in [2.45, 2.75) is 18.4 Å². The highest BCUT2D eigenvalue weighted by atomic mass is 16.3. The normalized spacial score (nSPS) is 17.1. The van der Waals surface area contributed by atoms with E-state index in [2.05, 4.69) is 5.10 Å². The highest BCUT2D eigenvalue weighted by Crippen LogP contribution is 2.48. The number of aryl methyl sites for hydroxylation is 1. The predicted octanol–water partition coefficient (Wildman–Crippen LogP) is 1.65. The minimum absolute atomic E-state index is 0.662. The van der Waals surface area contributed by atoms with E-state index in [9.17, 15) is 5.11 Å². The fraction of sp³-hybridized carbons (Fsp3) is 0.308. The molecule has 1 fully saturated rings. The Kier molecular flexibility index (Phi) is 2.03. The summed E-state index contributed by atoms with van der Waals surface area (Å²) in [5.74, 6) is 0. The van der Waals surface area contributed by atoms with E-state index in [0.717, 1.165) is 35.3 Å². The van der Waals surface area contributed by atoms with E-state index in [-0.39, 0.29) is 0 Å². The molecule has 1 heterocycles. The van der Waals surface area contributed by atoms with Crippen LogP contribution in [0.15, 0.2) is 30.5 Å². The molecule has 1 aliphatic carbocycles. The van der Waals surface area contributed by atoms with Gasteiger partial charge in [0.2, 0.25) is 0 Å². The first kappa shape index (κ1) is 10.4. The van der Waals surface area contributed by atoms with Crippen molar-refractivity contribution in [1.82, 2.24) is 9.78 Å². The smallest absolute Gasteiger partial charge is 0.0935 e. The fourth-order valence-electron chi connectivity index (χ4n) is 2.15. The lowest BCUT2D eigenvalue weighted by Gasteiger charge is -2.10. The van der Waals surface area contributed by atoms with Gasteiger partial charge >= 0.3 is 0 Å². The van der Waals surface area contributed by atoms with Crippen LogP contribution in [0.4, 0.5) is 5.69 Å². The van der Waals surface area contributed by atoms with Crippen molar-refractivity contribution in [3.63, 3.8) is 0 Å². The van der Waals surface area contributed by atoms with Gasteiger partial charge in [0.1, 0.15) is 0 Å². The van der Waals surface area contributed by atoms with Crippen LogP contribution in [-0.4, -0.2) is 14.9 Å². The molecule has 1 aliphatic rings. The molecule has 4 nitrogen and oxygen atoms in total. The van der Waals surface area contributed by atoms with Crippen LogP contribution in [0.2, 0.25) is 0 Å². The summed E-state index contributed by atoms with van der Waals surface area (Å²) in [6.45, 7) is 0. The molecule has 0 aliphatic heterocycles. The van der Waals surface area contributed by atoms with Gasteiger partial charge in [-0.3, -0.25) is 4.68 Å². The van der Waals surface area contributed by atoms with Crippen molar-refractivity contribution in [2.75, 3.05) is 5.73 Å². The molecular formula is C13H15N3O. The number of nitrogens with two attached hydrogens (primary N) is 1. The Hall–Kier alpha value is -1.81. The number of nitrogens with zero attached hydrogens (tertiary/aromatic N) is 2. The van der Waals surface area contributed by atoms with Gasteiger partial charge in [0.05, 0.1) is 17.5 Å². The minimum Gasteiger partial charge on any atom is -0.399 e. The molecule has 0 atom stereocenters. The largest absolute Gasteiger partial charge is 0.399 e. The topological polar surface area (TPSA) is 64.1 Å². The molecule has 0 spiro atoms. The van der Waals surface area contributed by atoms with Gasteiger partial charge in [-0.1, -0.05) is 12.1 Å². The van der Waals surface area contributed by atoms with Crippen LogP contribution in [0.5, 0.6) is 0 Å². The lowest BCUT2D eigenvalue weighted by molar-refractivity contribution is 0.152. The number of rotatable bonds is 2. The minimum atomic E-state index is -0.662. The van der Waals surface area contributed by atoms with Gasteiger partial charge in [-0.2, -0.15) is 5.10 Å². The lowest BCUT2D eigenvalue weighted by Crippen LogP contribution is -2.06. The summed E-state index contributed by atoms with van der Waals surface area (Å²) >= 11 is 0. The van der Waals surface area contributed by atoms with Gasteiger partial charge in [0, 0.05) is 23.9 Å². The zero-order chi connectivity index (χ0) is 12.0. The van der Waals surface area contributed by atoms with Gasteiger partial charge < -0.3 is 10.8 Å². The molecular weight excluding hydrogens is 214 g/mol. The Bertz CT molecular complexity index is 553. The number of hydrogen-bond acceptors (Lipinski definition) is 3. The van der Waals surface area contributed by atoms with E-state index in [1.807, 2.05) is 31.3 Å². The van der Waals surface area contributed by atoms with Crippen LogP contribution in [0.1, 0.15) is 18.4 Å². The maximum Gasteiger partial charge on any atom is 0.0935 e. The van der Waals surface area contributed by atoms with Crippen molar-refractivity contribution in [1.29, 1.82) is 0 Å². The van der Waals surface area contributed by atoms with E-state index in [1.54, 1.807) is 10.9 Å². The number of aromatic nitrogens is 2. The standard InChI is InChI=1S/C13H15N3O/c1-16-12(9-2-4-10(14)5-3-9)11(8-15-16)13(17)6-7-13/h2-5,8,17H,6-7,14H2,1H3. The molecule has 1 aromatic carbocycles. The Balaban J connectivity index is 2.13. The molecule has 3 N–H and O–H groups in total. The lowest BCUT2D eigenvalue weighted by atomic mass is 10.0. The van der Waals surface area contributed by atoms with E-state index in [0.29, 0.717) is 0 Å². The number of nitrogen functional groups attached to an aromatic ring is 1. The van der Waals surface area contributed by atoms with Crippen LogP contribution < -0.4 is 5.73 Å². The van der Waals surface area contributed by atoms with Crippen LogP contribution in [0.3, 0.4) is 0 Å². The molecule has 88 valence electrons. The van der Waals surface area contributed by atoms with Gasteiger partial charge in [0.25, 0.3) is 0 Å². The Morgan fingerprint density at radius 1 is 1.29 bits per heavy atom. The SMILES string of the molecule is Cn1ncc(C2(O)CC2)c1-c1ccc(N)cc1. The first-order chi connectivity index (χ1) is 8.10. The molecule has 0 unspecified atom stereocenters. The quantitative estimate of drug-likeness (QED) is 0.770. The van der Waals surface area contributed by atoms with Crippen molar-refractivity contribution in [3.8, 4) is 11.3 Å². The third kappa shape index (κ3) is 1.61. The Labute approximate surface area is 99.7 Å². The summed E-state index contributed by atoms with van der Waals surface area (Å²) in [5.41, 5.74) is 8.69. The summed E-state index contributed by atoms with van der Waals surface area (Å²) in [4.78, 5) is 0. The fourth-order valence-corrected chi connectivity index (χ4v) is 2.15. The van der Waals surface area contributed by atoms with Crippen molar-refractivity contribution < 1.29 is 5.11 Å². The Morgan fingerprint density at radius 3 is 2.53 bits per heavy atom. The Morgan fingerprint density at radius 2 is 1.94 bits per heavy atom. The van der Waals surface area contributed by atoms with Crippen LogP contribution >= 0.6 is 0 Å². The molecule has 0 saturated heterocycles. The van der Waals surface area contributed by atoms with E-state index in [1.165, 1.54) is 0 Å². The van der Waals surface area contributed by atoms with Crippen LogP contribution in [0.25, 0.3) is 11.3 Å². The van der Waals surface area contributed by atoms with Crippen molar-refractivity contribution >= 4 is 5.69 Å². The summed E-state index contributed by atoms with van der Waals surface area (Å²) in [6, 6.07) is 7.65. The van der Waals surface area contributed by atoms with Crippen molar-refractivity contribution in [2.24, 2.45) is 7.05 Å². The number of hydrogen-bond donors (Lipinski definition) is 2. The molecule has 2 aromatic rings. The maximum absolute atomic E-state index is 10.2. The van der Waals surface area contributed by atoms with Gasteiger partial charge in [-0.15, -0.1) is 0 Å². The average Bonchev–Trinajstić information content (AvgIpc) is 2.92. The zero-order valence-electron chi connectivity index (χ0n) is 9.72. The predicted molar refractivity (Wildman–Crippen MR) is 66.2 cm³/mol. The third-order valence-electron chi connectivity index (χ3n) is 3.35. The first-order valence-electron chi connectivity index (χ1n) is 5.71. The van der Waals surface area contributed by atoms with Crippen LogP contribution in [-0.2, 0) is 12.6 Å². The van der Waals surface area contributed by atoms with E-state index < -0.39 is 5.60 Å². The second-order valence-corrected chi connectivity index (χ2v) is 4.68. The summed E-state index contributed by atoms with van der Waals surface area (Å²) in [5, 5.41) is 14.5. The molecule has 1 aromatic heterocycles. The molecule has 3 rings (SSSR count). The third-order valence-corrected chi connectivity index (χ3v) is 3.35. The van der Waals surface area contributed by atoms with Crippen molar-refractivity contribution in [3.05, 3.63) is 36.0 Å². The number of benzene rings is 1. The van der Waals surface area contributed by atoms with Gasteiger partial charge in [-0.05, 0) is 25.0 Å². The molecule has 0 amide bonds. The molecule has 4 heteroatoms. The second-order valence-electron chi connectivity index (χ2n) is 4.68. The number of aliphatic hydroxyl groups is 1. The second kappa shape index (κ2) is 3.34. The first-order valence-corrected chi connectivity index (χ1v) is 5.71. The van der Waals surface area contributed by atoms with E-state index in [4.69, 9.17) is 5.73 Å². The maximum atomic E-state index is 10.2. The van der Waals surface area contributed by atoms with Gasteiger partial charge in [-0.25, -0.2) is 0 Å². The highest BCUT2D eigenvalue weighted by molar-refractivity contribution is 5.67. The average molecular weight is 229 g/mol. The summed E-state index contributed by atoms with van der Waals surface area (Å²) in [7, 11) is 1.89. The molecule has 17 heavy (non-hydrogen) atoms. The molecule has 0 bridgehead atoms. The van der Waals surface area contributed by atoms with Crippen LogP contribution in [0, 0.1) is 0 Å². The molecule has 0 radical (unpaired) electrons. The van der Waals surface area contributed by atoms with E-state index >= 15 is 0 Å². The highest BCUT2D eigenvalue weighted by Gasteiger charge is 2.45. The monoisotopic (exact) mass is 229 g/mol. The number of anilines is 1. The summed E-state index contributed by atoms with van der Waals surface area (Å²) in [6.07, 6.45) is 3.40. The zero-order valence-corrected chi connectivity index (χ0v) is 9.72. The molecule has 1 saturated carbocycles.